The first-order valence-corrected chi connectivity index (χ1v) is 11.2. The van der Waals surface area contributed by atoms with Crippen molar-refractivity contribution in [3.05, 3.63) is 35.5 Å². The molecule has 1 amide bonds. The number of benzene rings is 1. The van der Waals surface area contributed by atoms with Crippen LogP contribution in [0.3, 0.4) is 0 Å². The Kier molecular flexibility index (Phi) is 7.20. The quantitative estimate of drug-likeness (QED) is 0.477. The fourth-order valence-electron chi connectivity index (χ4n) is 3.39. The van der Waals surface area contributed by atoms with Crippen LogP contribution in [0.1, 0.15) is 27.2 Å². The van der Waals surface area contributed by atoms with Gasteiger partial charge >= 0.3 is 18.7 Å². The minimum atomic E-state index is -3.15. The molecule has 0 bridgehead atoms. The van der Waals surface area contributed by atoms with E-state index in [1.165, 1.54) is 18.6 Å². The average molecular weight is 527 g/mol. The zero-order valence-corrected chi connectivity index (χ0v) is 20.2. The molecule has 1 atom stereocenters. The molecule has 1 fully saturated rings. The van der Waals surface area contributed by atoms with Crippen molar-refractivity contribution in [2.45, 2.75) is 45.5 Å². The van der Waals surface area contributed by atoms with Crippen LogP contribution in [0.15, 0.2) is 24.7 Å². The molecule has 1 aromatic carbocycles. The summed E-state index contributed by atoms with van der Waals surface area (Å²) in [7, 11) is 0. The molecular weight excluding hydrogens is 505 g/mol. The molecule has 2 aromatic heterocycles. The van der Waals surface area contributed by atoms with Crippen LogP contribution in [-0.4, -0.2) is 62.3 Å². The fourth-order valence-corrected chi connectivity index (χ4v) is 3.60. The zero-order chi connectivity index (χ0) is 26.0. The topological polar surface area (TPSA) is 112 Å². The van der Waals surface area contributed by atoms with E-state index in [1.54, 1.807) is 25.7 Å². The van der Waals surface area contributed by atoms with E-state index in [0.29, 0.717) is 25.0 Å². The number of carbonyl (C=O) groups excluding carboxylic acids is 1. The highest BCUT2D eigenvalue weighted by Gasteiger charge is 2.31. The van der Waals surface area contributed by atoms with Gasteiger partial charge in [-0.2, -0.15) is 13.8 Å². The van der Waals surface area contributed by atoms with Crippen molar-refractivity contribution in [2.24, 2.45) is 0 Å². The molecule has 1 aliphatic rings. The van der Waals surface area contributed by atoms with Crippen molar-refractivity contribution in [1.82, 2.24) is 24.8 Å². The van der Waals surface area contributed by atoms with Crippen molar-refractivity contribution < 1.29 is 32.2 Å². The maximum Gasteiger partial charge on any atom is 0.410 e. The SMILES string of the molecule is CC(C)(C)OC(=O)N1CC[C@H](Oc2ncc3ncnc(Nc4ccc(OC(F)F)c(Cl)c4F)c3n2)C1. The number of nitrogens with zero attached hydrogens (tertiary/aromatic N) is 5. The van der Waals surface area contributed by atoms with Gasteiger partial charge in [-0.25, -0.2) is 24.1 Å². The summed E-state index contributed by atoms with van der Waals surface area (Å²) < 4.78 is 55.1. The Bertz CT molecular complexity index is 1280. The van der Waals surface area contributed by atoms with Crippen LogP contribution in [0.4, 0.5) is 29.5 Å². The van der Waals surface area contributed by atoms with Crippen LogP contribution in [0, 0.1) is 5.82 Å². The molecule has 0 spiro atoms. The third kappa shape index (κ3) is 5.96. The number of halogens is 4. The number of fused-ring (bicyclic) bond motifs is 1. The van der Waals surface area contributed by atoms with Gasteiger partial charge in [0.1, 0.15) is 39.8 Å². The molecule has 1 saturated heterocycles. The molecule has 0 aliphatic carbocycles. The van der Waals surface area contributed by atoms with Crippen molar-refractivity contribution in [3.8, 4) is 11.8 Å². The lowest BCUT2D eigenvalue weighted by atomic mass is 10.2. The molecule has 192 valence electrons. The van der Waals surface area contributed by atoms with Gasteiger partial charge in [0.05, 0.1) is 18.4 Å². The lowest BCUT2D eigenvalue weighted by molar-refractivity contribution is -0.0499. The number of amides is 1. The average Bonchev–Trinajstić information content (AvgIpc) is 3.26. The maximum atomic E-state index is 14.7. The van der Waals surface area contributed by atoms with E-state index in [1.807, 2.05) is 0 Å². The Morgan fingerprint density at radius 3 is 2.75 bits per heavy atom. The number of alkyl halides is 2. The minimum Gasteiger partial charge on any atom is -0.458 e. The Labute approximate surface area is 208 Å². The summed E-state index contributed by atoms with van der Waals surface area (Å²) in [5, 5.41) is 2.11. The Hall–Kier alpha value is -3.61. The summed E-state index contributed by atoms with van der Waals surface area (Å²) >= 11 is 5.83. The largest absolute Gasteiger partial charge is 0.458 e. The number of anilines is 2. The normalized spacial score (nSPS) is 15.9. The molecular formula is C22H22ClF3N6O4. The van der Waals surface area contributed by atoms with Crippen molar-refractivity contribution in [2.75, 3.05) is 18.4 Å². The van der Waals surface area contributed by atoms with Gasteiger partial charge in [0.25, 0.3) is 0 Å². The standard InChI is InChI=1S/C22H22ClF3N6O4/c1-22(2,3)36-21(33)32-7-6-11(9-32)34-20-27-8-13-17(31-20)18(29-10-28-13)30-12-4-5-14(35-19(25)26)15(23)16(12)24/h4-5,8,10-11,19H,6-7,9H2,1-3H3,(H,28,29,30)/t11-/m0/s1. The van der Waals surface area contributed by atoms with Crippen LogP contribution in [0.25, 0.3) is 11.0 Å². The summed E-state index contributed by atoms with van der Waals surface area (Å²) in [5.74, 6) is -1.41. The molecule has 14 heteroatoms. The van der Waals surface area contributed by atoms with Crippen LogP contribution in [0.2, 0.25) is 5.02 Å². The maximum absolute atomic E-state index is 14.7. The lowest BCUT2D eigenvalue weighted by Gasteiger charge is -2.24. The Morgan fingerprint density at radius 2 is 2.03 bits per heavy atom. The third-order valence-corrected chi connectivity index (χ3v) is 5.29. The number of rotatable bonds is 6. The van der Waals surface area contributed by atoms with Gasteiger partial charge in [0.2, 0.25) is 0 Å². The van der Waals surface area contributed by atoms with Crippen molar-refractivity contribution >= 4 is 40.2 Å². The summed E-state index contributed by atoms with van der Waals surface area (Å²) in [4.78, 5) is 30.5. The zero-order valence-electron chi connectivity index (χ0n) is 19.5. The molecule has 0 saturated carbocycles. The van der Waals surface area contributed by atoms with E-state index in [-0.39, 0.29) is 29.1 Å². The molecule has 10 nitrogen and oxygen atoms in total. The summed E-state index contributed by atoms with van der Waals surface area (Å²) in [6.45, 7) is 2.96. The van der Waals surface area contributed by atoms with Crippen LogP contribution < -0.4 is 14.8 Å². The molecule has 3 heterocycles. The smallest absolute Gasteiger partial charge is 0.410 e. The molecule has 36 heavy (non-hydrogen) atoms. The number of hydrogen-bond acceptors (Lipinski definition) is 9. The van der Waals surface area contributed by atoms with E-state index >= 15 is 0 Å². The van der Waals surface area contributed by atoms with Gasteiger partial charge in [-0.1, -0.05) is 11.6 Å². The summed E-state index contributed by atoms with van der Waals surface area (Å²) in [6, 6.07) is 2.29. The predicted molar refractivity (Wildman–Crippen MR) is 123 cm³/mol. The molecule has 0 radical (unpaired) electrons. The monoisotopic (exact) mass is 526 g/mol. The number of ether oxygens (including phenoxy) is 3. The van der Waals surface area contributed by atoms with Crippen LogP contribution in [0.5, 0.6) is 11.8 Å². The third-order valence-electron chi connectivity index (χ3n) is 4.94. The highest BCUT2D eigenvalue weighted by Crippen LogP contribution is 2.35. The number of likely N-dealkylation sites (tertiary alicyclic amines) is 1. The van der Waals surface area contributed by atoms with Gasteiger partial charge in [-0.3, -0.25) is 0 Å². The van der Waals surface area contributed by atoms with Crippen LogP contribution in [-0.2, 0) is 4.74 Å². The van der Waals surface area contributed by atoms with Gasteiger partial charge in [0, 0.05) is 13.0 Å². The molecule has 1 aliphatic heterocycles. The number of hydrogen-bond donors (Lipinski definition) is 1. The molecule has 1 N–H and O–H groups in total. The van der Waals surface area contributed by atoms with E-state index < -0.39 is 34.9 Å². The number of carbonyl (C=O) groups is 1. The second-order valence-corrected chi connectivity index (χ2v) is 9.18. The molecule has 4 rings (SSSR count). The van der Waals surface area contributed by atoms with Gasteiger partial charge in [-0.15, -0.1) is 0 Å². The molecule has 0 unspecified atom stereocenters. The summed E-state index contributed by atoms with van der Waals surface area (Å²) in [5.41, 5.74) is -0.203. The van der Waals surface area contributed by atoms with Gasteiger partial charge in [-0.05, 0) is 32.9 Å². The number of nitrogens with one attached hydrogen (secondary N) is 1. The van der Waals surface area contributed by atoms with Crippen LogP contribution >= 0.6 is 11.6 Å². The Morgan fingerprint density at radius 1 is 1.25 bits per heavy atom. The first kappa shape index (κ1) is 25.5. The second-order valence-electron chi connectivity index (χ2n) is 8.81. The highest BCUT2D eigenvalue weighted by molar-refractivity contribution is 6.32. The van der Waals surface area contributed by atoms with E-state index in [0.717, 1.165) is 6.07 Å². The second kappa shape index (κ2) is 10.2. The van der Waals surface area contributed by atoms with Crippen molar-refractivity contribution in [1.29, 1.82) is 0 Å². The fraction of sp³-hybridized carbons (Fsp3) is 0.409. The minimum absolute atomic E-state index is 0.00979. The first-order valence-electron chi connectivity index (χ1n) is 10.8. The molecule has 3 aromatic rings. The predicted octanol–water partition coefficient (Wildman–Crippen LogP) is 4.95. The highest BCUT2D eigenvalue weighted by atomic mass is 35.5. The van der Waals surface area contributed by atoms with Gasteiger partial charge < -0.3 is 24.4 Å². The van der Waals surface area contributed by atoms with Gasteiger partial charge in [0.15, 0.2) is 11.6 Å². The van der Waals surface area contributed by atoms with E-state index in [2.05, 4.69) is 30.0 Å². The first-order chi connectivity index (χ1) is 17.0. The van der Waals surface area contributed by atoms with Crippen molar-refractivity contribution in [3.63, 3.8) is 0 Å². The summed E-state index contributed by atoms with van der Waals surface area (Å²) in [6.07, 6.45) is 2.38. The lowest BCUT2D eigenvalue weighted by Crippen LogP contribution is -2.36. The van der Waals surface area contributed by atoms with E-state index in [4.69, 9.17) is 21.1 Å². The Balaban J connectivity index is 1.51. The van der Waals surface area contributed by atoms with E-state index in [9.17, 15) is 18.0 Å². The number of aromatic nitrogens is 4.